The molecule has 0 amide bonds. The van der Waals surface area contributed by atoms with E-state index in [4.69, 9.17) is 5.11 Å². The van der Waals surface area contributed by atoms with Gasteiger partial charge in [-0.05, 0) is 0 Å². The van der Waals surface area contributed by atoms with Crippen molar-refractivity contribution in [1.29, 1.82) is 0 Å². The monoisotopic (exact) mass is 125 g/mol. The molecule has 0 heterocycles. The van der Waals surface area contributed by atoms with Crippen LogP contribution >= 0.6 is 0 Å². The molecule has 2 heteroatoms. The molecular weight excluding hydrogens is 117 g/mol. The summed E-state index contributed by atoms with van der Waals surface area (Å²) in [5.41, 5.74) is 0. The van der Waals surface area contributed by atoms with E-state index < -0.39 is 0 Å². The van der Waals surface area contributed by atoms with E-state index in [1.54, 1.807) is 6.92 Å². The van der Waals surface area contributed by atoms with Crippen molar-refractivity contribution in [1.82, 2.24) is 0 Å². The van der Waals surface area contributed by atoms with Gasteiger partial charge in [-0.15, -0.1) is 0 Å². The van der Waals surface area contributed by atoms with E-state index in [1.807, 2.05) is 0 Å². The van der Waals surface area contributed by atoms with Crippen molar-refractivity contribution in [2.75, 3.05) is 7.11 Å². The molecule has 0 rings (SSSR count). The molecule has 0 spiro atoms. The zero-order valence-electron chi connectivity index (χ0n) is 3.86. The first-order valence-electron chi connectivity index (χ1n) is 1.15. The second-order valence-electron chi connectivity index (χ2n) is 0. The quantitative estimate of drug-likeness (QED) is 0.369. The van der Waals surface area contributed by atoms with Crippen molar-refractivity contribution >= 4 is 0 Å². The van der Waals surface area contributed by atoms with Gasteiger partial charge in [-0.3, -0.25) is 0 Å². The van der Waals surface area contributed by atoms with Gasteiger partial charge in [0.2, 0.25) is 0 Å². The van der Waals surface area contributed by atoms with Crippen LogP contribution in [-0.2, 0) is 19.5 Å². The van der Waals surface area contributed by atoms with E-state index >= 15 is 0 Å². The summed E-state index contributed by atoms with van der Waals surface area (Å²) in [7, 11) is 1.00. The van der Waals surface area contributed by atoms with E-state index in [0.717, 1.165) is 7.11 Å². The molecule has 5 heavy (non-hydrogen) atoms. The van der Waals surface area contributed by atoms with Crippen molar-refractivity contribution < 1.29 is 24.6 Å². The molecule has 0 aromatic heterocycles. The van der Waals surface area contributed by atoms with E-state index in [0.29, 0.717) is 0 Å². The van der Waals surface area contributed by atoms with Gasteiger partial charge in [-0.1, -0.05) is 0 Å². The Balaban J connectivity index is -0.0000000133. The Hall–Kier alpha value is 0.583. The Morgan fingerprint density at radius 1 is 1.20 bits per heavy atom. The maximum atomic E-state index is 7.00. The van der Waals surface area contributed by atoms with Gasteiger partial charge in [0.05, 0.1) is 0 Å². The molecule has 0 saturated carbocycles. The summed E-state index contributed by atoms with van der Waals surface area (Å²) in [6.45, 7) is 5.00. The molecule has 0 aliphatic rings. The zero-order chi connectivity index (χ0) is 4.00. The second-order valence-corrected chi connectivity index (χ2v) is 0. The summed E-state index contributed by atoms with van der Waals surface area (Å²) in [6.07, 6.45) is 0. The van der Waals surface area contributed by atoms with Gasteiger partial charge in [0.1, 0.15) is 0 Å². The Morgan fingerprint density at radius 2 is 1.20 bits per heavy atom. The third kappa shape index (κ3) is 89.9. The Morgan fingerprint density at radius 3 is 1.20 bits per heavy atom. The fraction of sp³-hybridized carbons (Fsp3) is 0.667. The summed E-state index contributed by atoms with van der Waals surface area (Å²) < 4.78 is 0. The maximum absolute atomic E-state index is 7.00. The molecule has 0 aliphatic carbocycles. The molecule has 0 aromatic rings. The molecule has 30 valence electrons. The van der Waals surface area contributed by atoms with Gasteiger partial charge < -0.3 is 12.0 Å². The van der Waals surface area contributed by atoms with Crippen molar-refractivity contribution in [2.24, 2.45) is 0 Å². The molecular formula is C3H9OZn-. The first-order chi connectivity index (χ1) is 2.00. The van der Waals surface area contributed by atoms with E-state index in [2.05, 4.69) is 6.92 Å². The first kappa shape index (κ1) is 17.6. The number of aliphatic hydroxyl groups is 1. The number of hydrogen-bond donors (Lipinski definition) is 1. The van der Waals surface area contributed by atoms with Gasteiger partial charge in [0.15, 0.2) is 0 Å². The fourth-order valence-electron chi connectivity index (χ4n) is 0. The predicted molar refractivity (Wildman–Crippen MR) is 19.2 cm³/mol. The minimum Gasteiger partial charge on any atom is -0.400 e. The van der Waals surface area contributed by atoms with Gasteiger partial charge in [-0.25, -0.2) is 0 Å². The van der Waals surface area contributed by atoms with Crippen LogP contribution in [0.1, 0.15) is 6.92 Å². The van der Waals surface area contributed by atoms with Gasteiger partial charge in [-0.2, -0.15) is 6.92 Å². The SMILES string of the molecule is CO.[CH2-]C.[Zn]. The zero-order valence-corrected chi connectivity index (χ0v) is 6.83. The van der Waals surface area contributed by atoms with Crippen molar-refractivity contribution in [2.45, 2.75) is 6.92 Å². The standard InChI is InChI=1S/C2H5.CH4O.Zn/c2*1-2;/h1H2,2H3;2H,1H3;/q-1;;. The number of aliphatic hydroxyl groups excluding tert-OH is 1. The van der Waals surface area contributed by atoms with Crippen LogP contribution in [0.3, 0.4) is 0 Å². The van der Waals surface area contributed by atoms with Crippen LogP contribution in [0.15, 0.2) is 0 Å². The minimum absolute atomic E-state index is 0. The Bertz CT molecular complexity index is 6.85. The van der Waals surface area contributed by atoms with Crippen LogP contribution in [-0.4, -0.2) is 12.2 Å². The maximum Gasteiger partial charge on any atom is 0.0319 e. The minimum atomic E-state index is 0. The molecule has 0 bridgehead atoms. The number of rotatable bonds is 0. The Labute approximate surface area is 46.2 Å². The van der Waals surface area contributed by atoms with E-state index in [-0.39, 0.29) is 19.5 Å². The molecule has 0 saturated heterocycles. The summed E-state index contributed by atoms with van der Waals surface area (Å²) in [5.74, 6) is 0. The van der Waals surface area contributed by atoms with Crippen molar-refractivity contribution in [3.8, 4) is 0 Å². The van der Waals surface area contributed by atoms with Crippen LogP contribution in [0, 0.1) is 6.92 Å². The van der Waals surface area contributed by atoms with Crippen LogP contribution in [0.2, 0.25) is 0 Å². The average molecular weight is 126 g/mol. The van der Waals surface area contributed by atoms with E-state index in [9.17, 15) is 0 Å². The Kier molecular flexibility index (Phi) is 608. The van der Waals surface area contributed by atoms with Gasteiger partial charge in [0, 0.05) is 26.6 Å². The summed E-state index contributed by atoms with van der Waals surface area (Å²) in [5, 5.41) is 7.00. The topological polar surface area (TPSA) is 20.2 Å². The van der Waals surface area contributed by atoms with Crippen molar-refractivity contribution in [3.63, 3.8) is 0 Å². The summed E-state index contributed by atoms with van der Waals surface area (Å²) >= 11 is 0. The van der Waals surface area contributed by atoms with Gasteiger partial charge in [0.25, 0.3) is 0 Å². The predicted octanol–water partition coefficient (Wildman–Crippen LogP) is 0.446. The average Bonchev–Trinajstić information content (AvgIpc) is 1.50. The second kappa shape index (κ2) is 173. The molecule has 0 unspecified atom stereocenters. The first-order valence-corrected chi connectivity index (χ1v) is 1.15. The largest absolute Gasteiger partial charge is 0.400 e. The third-order valence-electron chi connectivity index (χ3n) is 0. The van der Waals surface area contributed by atoms with Crippen LogP contribution in [0.5, 0.6) is 0 Å². The van der Waals surface area contributed by atoms with E-state index in [1.165, 1.54) is 0 Å². The van der Waals surface area contributed by atoms with Crippen LogP contribution in [0.4, 0.5) is 0 Å². The molecule has 1 N–H and O–H groups in total. The smallest absolute Gasteiger partial charge is 0.0319 e. The van der Waals surface area contributed by atoms with Crippen LogP contribution in [0.25, 0.3) is 0 Å². The normalized spacial score (nSPS) is 2.40. The molecule has 0 aromatic carbocycles. The van der Waals surface area contributed by atoms with Crippen LogP contribution < -0.4 is 0 Å². The van der Waals surface area contributed by atoms with Crippen molar-refractivity contribution in [3.05, 3.63) is 6.92 Å². The molecule has 0 aliphatic heterocycles. The molecule has 0 atom stereocenters. The third-order valence-corrected chi connectivity index (χ3v) is 0. The molecule has 0 radical (unpaired) electrons. The summed E-state index contributed by atoms with van der Waals surface area (Å²) in [6, 6.07) is 0. The molecule has 1 nitrogen and oxygen atoms in total. The fourth-order valence-corrected chi connectivity index (χ4v) is 0. The molecule has 0 fully saturated rings. The van der Waals surface area contributed by atoms with Gasteiger partial charge >= 0.3 is 0 Å². The summed E-state index contributed by atoms with van der Waals surface area (Å²) in [4.78, 5) is 0. The number of hydrogen-bond acceptors (Lipinski definition) is 1.